The number of methoxy groups -OCH3 is 2. The van der Waals surface area contributed by atoms with E-state index in [1.165, 1.54) is 66.1 Å². The average Bonchev–Trinajstić information content (AvgIpc) is 0.808. The van der Waals surface area contributed by atoms with Crippen LogP contribution in [0, 0.1) is 20.2 Å². The van der Waals surface area contributed by atoms with Crippen molar-refractivity contribution in [2.24, 2.45) is 0 Å². The molecule has 1 atom stereocenters. The van der Waals surface area contributed by atoms with Crippen LogP contribution < -0.4 is 46.1 Å². The van der Waals surface area contributed by atoms with E-state index >= 15 is 0 Å². The minimum Gasteiger partial charge on any atom is -0.482 e. The zero-order valence-electron chi connectivity index (χ0n) is 53.7. The van der Waals surface area contributed by atoms with Gasteiger partial charge in [-0.05, 0) is 81.7 Å². The summed E-state index contributed by atoms with van der Waals surface area (Å²) in [4.78, 5) is 111. The van der Waals surface area contributed by atoms with Crippen LogP contribution in [0.25, 0.3) is 0 Å². The van der Waals surface area contributed by atoms with Gasteiger partial charge < -0.3 is 65.3 Å². The molecule has 45 heteroatoms. The second-order valence-electron chi connectivity index (χ2n) is 16.6. The Kier molecular flexibility index (Phi) is 94.1. The first kappa shape index (κ1) is 125. The van der Waals surface area contributed by atoms with Crippen LogP contribution in [-0.2, 0) is 300 Å². The summed E-state index contributed by atoms with van der Waals surface area (Å²) in [5, 5.41) is 36.5. The van der Waals surface area contributed by atoms with Crippen LogP contribution in [0.2, 0.25) is 0 Å². The second kappa shape index (κ2) is 72.9. The number of anilines is 4. The predicted molar refractivity (Wildman–Crippen MR) is 312 cm³/mol. The standard InChI is InChI=1S/C22H28N6O9.C18H21N5O8S.C6H15N.C5H11NO2.CH4.6V.6W/c1-4-35-22(31)27(12-15-7-5-8-16(11-15)37-13-17(30)34-3)20-18(28(32)33)19(23)25-21(26-20)36-10-6-9-24-14(2)29;1-4-30-18(25)22(9-11-6-5-7-12(8-11)31-10-13(24)29-2)16-14(23(26)27)15(19)20-17(21-16)32(3)28;1-4-7(5-2)6-3;1-5(8)6-3-2-4-7;;;;;;;;;;;;;/h5,7-8,11H,4,6,9-10,12-13H2,1-3H3,(H,24,29)(H2,23,25,26);5-8H,4,9-10H2,1-3H3,(H2,19,20,21);4-6H2,1-3H3;7H,2-4H2,1H3,(H,6,8);1H4;;;;;;;;;;;;. The third-order valence-corrected chi connectivity index (χ3v) is 11.2. The number of aliphatic hydroxyl groups excluding tert-OH is 1. The molecule has 4 rings (SSSR count). The van der Waals surface area contributed by atoms with E-state index in [1.54, 1.807) is 50.2 Å². The van der Waals surface area contributed by atoms with Gasteiger partial charge in [0.15, 0.2) is 13.2 Å². The molecule has 2 heterocycles. The van der Waals surface area contributed by atoms with Gasteiger partial charge in [-0.2, -0.15) is 19.9 Å². The Bertz CT molecular complexity index is 2870. The van der Waals surface area contributed by atoms with Crippen LogP contribution in [0.1, 0.15) is 79.9 Å². The molecule has 32 nitrogen and oxygen atoms in total. The van der Waals surface area contributed by atoms with Gasteiger partial charge in [-0.3, -0.25) is 43.8 Å². The summed E-state index contributed by atoms with van der Waals surface area (Å²) in [6.45, 7) is 16.0. The van der Waals surface area contributed by atoms with Gasteiger partial charge in [0, 0.05) is 278 Å². The average molecular weight is 2630 g/mol. The topological polar surface area (TPSA) is 428 Å². The van der Waals surface area contributed by atoms with Gasteiger partial charge in [0.2, 0.25) is 40.2 Å². The molecular weight excluding hydrogens is 2550 g/mol. The summed E-state index contributed by atoms with van der Waals surface area (Å²) in [6, 6.07) is 12.4. The number of amides is 4. The first-order valence-electron chi connectivity index (χ1n) is 25.8. The molecule has 0 spiro atoms. The van der Waals surface area contributed by atoms with Gasteiger partial charge in [0.05, 0.1) is 67.8 Å². The smallest absolute Gasteiger partial charge is 0.415 e. The number of hydrogen-bond acceptors (Lipinski definition) is 26. The molecule has 6 radical (unpaired) electrons. The molecule has 4 aromatic rings. The fraction of sp³-hybridized carbons (Fsp3) is 0.500. The quantitative estimate of drug-likeness (QED) is 0.0131. The van der Waals surface area contributed by atoms with Crippen LogP contribution in [0.15, 0.2) is 53.7 Å². The zero-order chi connectivity index (χ0) is 63.3. The Hall–Kier alpha value is -1.47. The number of nitrogens with zero attached hydrogens (tertiary/aromatic N) is 9. The number of nitrogens with two attached hydrogens (primary N) is 2. The molecule has 2 aromatic carbocycles. The van der Waals surface area contributed by atoms with Gasteiger partial charge >= 0.3 is 41.5 Å². The summed E-state index contributed by atoms with van der Waals surface area (Å²) in [7, 11) is 0.712. The maximum Gasteiger partial charge on any atom is 0.415 e. The largest absolute Gasteiger partial charge is 0.482 e. The minimum absolute atomic E-state index is 0. The van der Waals surface area contributed by atoms with Crippen molar-refractivity contribution in [2.45, 2.75) is 87.0 Å². The Labute approximate surface area is 725 Å². The molecule has 0 saturated carbocycles. The summed E-state index contributed by atoms with van der Waals surface area (Å²) in [5.41, 5.74) is 11.0. The Morgan fingerprint density at radius 2 is 0.969 bits per heavy atom. The van der Waals surface area contributed by atoms with Crippen LogP contribution >= 0.6 is 0 Å². The fourth-order valence-electron chi connectivity index (χ4n) is 6.40. The summed E-state index contributed by atoms with van der Waals surface area (Å²) >= 11 is 0. The summed E-state index contributed by atoms with van der Waals surface area (Å²) in [5.74, 6) is -2.80. The van der Waals surface area contributed by atoms with Crippen molar-refractivity contribution in [2.75, 3.05) is 114 Å². The number of aliphatic hydroxyl groups is 1. The van der Waals surface area contributed by atoms with Crippen molar-refractivity contribution < 1.29 is 319 Å². The Morgan fingerprint density at radius 3 is 1.29 bits per heavy atom. The Balaban J connectivity index is -0.0000000982. The number of carbonyl (C=O) groups excluding carboxylic acids is 6. The van der Waals surface area contributed by atoms with Gasteiger partial charge in [-0.1, -0.05) is 52.5 Å². The van der Waals surface area contributed by atoms with E-state index in [4.69, 9.17) is 40.3 Å². The van der Waals surface area contributed by atoms with E-state index in [9.17, 15) is 53.2 Å². The molecule has 0 aliphatic carbocycles. The maximum atomic E-state index is 12.9. The normalized spacial score (nSPS) is 9.11. The number of nitro groups is 2. The van der Waals surface area contributed by atoms with E-state index in [0.717, 1.165) is 9.80 Å². The molecule has 2 aromatic heterocycles. The van der Waals surface area contributed by atoms with Crippen LogP contribution in [0.3, 0.4) is 0 Å². The number of hydrogen-bond donors (Lipinski definition) is 5. The minimum atomic E-state index is -1.73. The second-order valence-corrected chi connectivity index (χ2v) is 17.8. The van der Waals surface area contributed by atoms with E-state index in [-0.39, 0.29) is 321 Å². The molecule has 1 unspecified atom stereocenters. The molecular formula is C52H79N13O19SV6W6. The van der Waals surface area contributed by atoms with Crippen LogP contribution in [0.4, 0.5) is 44.2 Å². The number of nitrogen functional groups attached to an aromatic ring is 2. The first-order chi connectivity index (χ1) is 39.9. The zero-order valence-corrected chi connectivity index (χ0v) is 80.5. The molecule has 0 bridgehead atoms. The van der Waals surface area contributed by atoms with Crippen LogP contribution in [0.5, 0.6) is 17.5 Å². The number of ether oxygens (including phenoxy) is 7. The van der Waals surface area contributed by atoms with Crippen molar-refractivity contribution in [1.82, 2.24) is 35.5 Å². The predicted octanol–water partition coefficient (Wildman–Crippen LogP) is 4.47. The van der Waals surface area contributed by atoms with E-state index in [2.05, 4.69) is 65.7 Å². The van der Waals surface area contributed by atoms with Gasteiger partial charge in [-0.15, -0.1) is 0 Å². The van der Waals surface area contributed by atoms with Gasteiger partial charge in [0.1, 0.15) is 11.5 Å². The van der Waals surface area contributed by atoms with Crippen molar-refractivity contribution in [3.8, 4) is 17.5 Å². The number of rotatable bonds is 28. The number of carbonyl (C=O) groups is 6. The van der Waals surface area contributed by atoms with E-state index in [0.29, 0.717) is 48.6 Å². The third kappa shape index (κ3) is 51.4. The Morgan fingerprint density at radius 1 is 0.598 bits per heavy atom. The molecule has 0 aliphatic rings. The molecule has 4 amide bonds. The van der Waals surface area contributed by atoms with Crippen molar-refractivity contribution in [1.29, 1.82) is 0 Å². The number of benzene rings is 2. The summed E-state index contributed by atoms with van der Waals surface area (Å²) in [6.07, 6.45) is 0.430. The van der Waals surface area contributed by atoms with Crippen molar-refractivity contribution >= 4 is 81.4 Å². The first-order valence-corrected chi connectivity index (χ1v) is 27.4. The van der Waals surface area contributed by atoms with Crippen molar-refractivity contribution in [3.63, 3.8) is 0 Å². The number of aromatic nitrogens is 4. The van der Waals surface area contributed by atoms with E-state index in [1.807, 2.05) is 0 Å². The summed E-state index contributed by atoms with van der Waals surface area (Å²) < 4.78 is 47.2. The third-order valence-electron chi connectivity index (χ3n) is 10.5. The molecule has 538 valence electrons. The monoisotopic (exact) mass is 2630 g/mol. The van der Waals surface area contributed by atoms with Crippen molar-refractivity contribution in [3.05, 3.63) is 79.9 Å². The van der Waals surface area contributed by atoms with Gasteiger partial charge in [0.25, 0.3) is 0 Å². The number of esters is 2. The molecule has 0 aliphatic heterocycles. The van der Waals surface area contributed by atoms with E-state index < -0.39 is 79.4 Å². The maximum absolute atomic E-state index is 12.9. The molecule has 0 saturated heterocycles. The SMILES string of the molecule is C.CC(=O)NCCCO.CCN(CC)CC.CCOC(=O)N(Cc1cccc(OCC(=O)OC)c1)c1nc(OCCCNC(C)=O)nc(N)c1[N+](=O)[O-].CCOC(=O)N(Cc1cccc(OCC(=O)OC)c1)c1nc(S(C)=O)nc(N)c1[N+](=O)[O-].[V].[V].[V].[V].[V].[V].[W].[W].[W].[W].[W].[W]. The van der Waals surface area contributed by atoms with Crippen LogP contribution in [-0.4, -0.2) is 173 Å². The number of nitrogens with one attached hydrogen (secondary N) is 2. The molecule has 7 N–H and O–H groups in total. The fourth-order valence-corrected chi connectivity index (χ4v) is 6.84. The van der Waals surface area contributed by atoms with Gasteiger partial charge in [-0.25, -0.2) is 19.2 Å². The molecule has 97 heavy (non-hydrogen) atoms. The molecule has 0 fully saturated rings.